The summed E-state index contributed by atoms with van der Waals surface area (Å²) in [5, 5.41) is 9.54. The Morgan fingerprint density at radius 1 is 1.03 bits per heavy atom. The number of piperazine rings is 1. The van der Waals surface area contributed by atoms with Gasteiger partial charge < -0.3 is 14.2 Å². The molecule has 0 spiro atoms. The molecule has 0 aliphatic carbocycles. The summed E-state index contributed by atoms with van der Waals surface area (Å²) in [4.78, 5) is 34.8. The van der Waals surface area contributed by atoms with Crippen LogP contribution in [-0.4, -0.2) is 42.0 Å². The summed E-state index contributed by atoms with van der Waals surface area (Å²) in [6, 6.07) is 20.1. The summed E-state index contributed by atoms with van der Waals surface area (Å²) in [6.45, 7) is 3.93. The Labute approximate surface area is 196 Å². The Morgan fingerprint density at radius 2 is 1.79 bits per heavy atom. The average molecular weight is 450 g/mol. The van der Waals surface area contributed by atoms with Crippen LogP contribution in [-0.2, 0) is 0 Å². The van der Waals surface area contributed by atoms with Crippen molar-refractivity contribution in [3.63, 3.8) is 0 Å². The maximum Gasteiger partial charge on any atom is 0.257 e. The summed E-state index contributed by atoms with van der Waals surface area (Å²) in [5.41, 5.74) is 2.42. The molecule has 1 amide bonds. The van der Waals surface area contributed by atoms with Gasteiger partial charge in [-0.2, -0.15) is 5.26 Å². The van der Waals surface area contributed by atoms with Gasteiger partial charge in [-0.1, -0.05) is 36.4 Å². The zero-order valence-electron chi connectivity index (χ0n) is 18.7. The van der Waals surface area contributed by atoms with E-state index in [1.165, 1.54) is 0 Å². The van der Waals surface area contributed by atoms with Crippen molar-refractivity contribution in [3.05, 3.63) is 93.8 Å². The van der Waals surface area contributed by atoms with Crippen molar-refractivity contribution >= 4 is 22.7 Å². The molecule has 3 heterocycles. The summed E-state index contributed by atoms with van der Waals surface area (Å²) in [5.74, 6) is 1.03. The van der Waals surface area contributed by atoms with E-state index in [4.69, 9.17) is 9.68 Å². The first kappa shape index (κ1) is 21.4. The largest absolute Gasteiger partial charge is 0.455 e. The van der Waals surface area contributed by atoms with Gasteiger partial charge in [0.25, 0.3) is 5.91 Å². The molecule has 0 N–H and O–H groups in total. The van der Waals surface area contributed by atoms with Gasteiger partial charge >= 0.3 is 0 Å². The molecule has 7 heteroatoms. The van der Waals surface area contributed by atoms with E-state index in [1.807, 2.05) is 30.3 Å². The number of fused-ring (bicyclic) bond motifs is 1. The Morgan fingerprint density at radius 3 is 2.53 bits per heavy atom. The number of hydrogen-bond acceptors (Lipinski definition) is 6. The number of nitrogens with zero attached hydrogens (tertiary/aromatic N) is 4. The molecule has 1 saturated heterocycles. The highest BCUT2D eigenvalue weighted by molar-refractivity contribution is 6.05. The highest BCUT2D eigenvalue weighted by Crippen LogP contribution is 2.28. The number of pyridine rings is 1. The maximum absolute atomic E-state index is 13.5. The maximum atomic E-state index is 13.5. The fourth-order valence-corrected chi connectivity index (χ4v) is 4.31. The Hall–Kier alpha value is -4.44. The van der Waals surface area contributed by atoms with Gasteiger partial charge in [-0.05, 0) is 31.2 Å². The number of amides is 1. The van der Waals surface area contributed by atoms with Crippen LogP contribution in [0.2, 0.25) is 0 Å². The van der Waals surface area contributed by atoms with E-state index in [-0.39, 0.29) is 11.3 Å². The third kappa shape index (κ3) is 3.80. The molecule has 0 saturated carbocycles. The highest BCUT2D eigenvalue weighted by atomic mass is 16.3. The number of benzene rings is 2. The Bertz CT molecular complexity index is 1480. The first-order valence-electron chi connectivity index (χ1n) is 11.1. The number of carbonyl (C=O) groups excluding carboxylic acids is 1. The molecule has 2 aromatic carbocycles. The van der Waals surface area contributed by atoms with Crippen LogP contribution in [0.1, 0.15) is 21.5 Å². The van der Waals surface area contributed by atoms with Gasteiger partial charge in [-0.25, -0.2) is 4.98 Å². The molecule has 0 radical (unpaired) electrons. The highest BCUT2D eigenvalue weighted by Gasteiger charge is 2.26. The van der Waals surface area contributed by atoms with E-state index in [2.05, 4.69) is 16.0 Å². The lowest BCUT2D eigenvalue weighted by Crippen LogP contribution is -2.49. The number of para-hydroxylation sites is 1. The molecule has 1 aliphatic heterocycles. The van der Waals surface area contributed by atoms with Crippen molar-refractivity contribution in [2.45, 2.75) is 6.92 Å². The zero-order valence-corrected chi connectivity index (χ0v) is 18.7. The van der Waals surface area contributed by atoms with Gasteiger partial charge in [-0.15, -0.1) is 0 Å². The van der Waals surface area contributed by atoms with Crippen molar-refractivity contribution in [1.29, 1.82) is 5.26 Å². The van der Waals surface area contributed by atoms with Crippen LogP contribution in [0.3, 0.4) is 0 Å². The van der Waals surface area contributed by atoms with E-state index in [0.717, 1.165) is 11.4 Å². The molecule has 0 unspecified atom stereocenters. The Kier molecular flexibility index (Phi) is 5.56. The summed E-state index contributed by atoms with van der Waals surface area (Å²) < 4.78 is 6.22. The molecule has 2 aromatic heterocycles. The molecule has 0 atom stereocenters. The summed E-state index contributed by atoms with van der Waals surface area (Å²) >= 11 is 0. The van der Waals surface area contributed by atoms with Crippen molar-refractivity contribution < 1.29 is 9.21 Å². The minimum atomic E-state index is -0.171. The van der Waals surface area contributed by atoms with E-state index >= 15 is 0 Å². The normalized spacial score (nSPS) is 13.6. The van der Waals surface area contributed by atoms with Gasteiger partial charge in [0.2, 0.25) is 0 Å². The fraction of sp³-hybridized carbons (Fsp3) is 0.185. The predicted octanol–water partition coefficient (Wildman–Crippen LogP) is 4.00. The molecule has 168 valence electrons. The van der Waals surface area contributed by atoms with Gasteiger partial charge in [-0.3, -0.25) is 9.59 Å². The van der Waals surface area contributed by atoms with Crippen LogP contribution < -0.4 is 10.3 Å². The van der Waals surface area contributed by atoms with Crippen LogP contribution in [0.4, 0.5) is 5.82 Å². The van der Waals surface area contributed by atoms with Crippen molar-refractivity contribution in [3.8, 4) is 17.4 Å². The number of anilines is 1. The van der Waals surface area contributed by atoms with Crippen molar-refractivity contribution in [2.24, 2.45) is 0 Å². The van der Waals surface area contributed by atoms with E-state index in [9.17, 15) is 9.59 Å². The average Bonchev–Trinajstić information content (AvgIpc) is 2.90. The lowest BCUT2D eigenvalue weighted by molar-refractivity contribution is 0.0747. The topological polar surface area (TPSA) is 90.4 Å². The standard InChI is InChI=1S/C27H22N4O3/c1-18-24(32)21-8-5-9-22(26(21)34-25(18)20-6-3-2-4-7-20)27(33)31-14-12-30(13-15-31)23-16-19(17-28)10-11-29-23/h2-11,16H,12-15H2,1H3. The van der Waals surface area contributed by atoms with Gasteiger partial charge in [0, 0.05) is 43.5 Å². The number of rotatable bonds is 3. The number of hydrogen-bond donors (Lipinski definition) is 0. The van der Waals surface area contributed by atoms with Crippen LogP contribution in [0.5, 0.6) is 0 Å². The molecule has 0 bridgehead atoms. The first-order valence-corrected chi connectivity index (χ1v) is 11.1. The SMILES string of the molecule is Cc1c(-c2ccccc2)oc2c(C(=O)N3CCN(c4cc(C#N)ccn4)CC3)cccc2c1=O. The molecule has 1 fully saturated rings. The third-order valence-corrected chi connectivity index (χ3v) is 6.18. The second-order valence-electron chi connectivity index (χ2n) is 8.23. The van der Waals surface area contributed by atoms with E-state index in [1.54, 1.807) is 48.4 Å². The second kappa shape index (κ2) is 8.83. The van der Waals surface area contributed by atoms with Crippen LogP contribution >= 0.6 is 0 Å². The molecule has 34 heavy (non-hydrogen) atoms. The summed E-state index contributed by atoms with van der Waals surface area (Å²) in [6.07, 6.45) is 1.62. The lowest BCUT2D eigenvalue weighted by Gasteiger charge is -2.35. The second-order valence-corrected chi connectivity index (χ2v) is 8.23. The minimum Gasteiger partial charge on any atom is -0.455 e. The predicted molar refractivity (Wildman–Crippen MR) is 130 cm³/mol. The quantitative estimate of drug-likeness (QED) is 0.469. The van der Waals surface area contributed by atoms with Crippen molar-refractivity contribution in [1.82, 2.24) is 9.88 Å². The van der Waals surface area contributed by atoms with Crippen LogP contribution in [0, 0.1) is 18.3 Å². The lowest BCUT2D eigenvalue weighted by atomic mass is 10.0. The van der Waals surface area contributed by atoms with Gasteiger partial charge in [0.05, 0.1) is 22.6 Å². The van der Waals surface area contributed by atoms with E-state index < -0.39 is 0 Å². The van der Waals surface area contributed by atoms with Crippen molar-refractivity contribution in [2.75, 3.05) is 31.1 Å². The molecular formula is C27H22N4O3. The number of aromatic nitrogens is 1. The van der Waals surface area contributed by atoms with Crippen LogP contribution in [0.15, 0.2) is 76.1 Å². The Balaban J connectivity index is 1.45. The van der Waals surface area contributed by atoms with E-state index in [0.29, 0.717) is 59.6 Å². The zero-order chi connectivity index (χ0) is 23.7. The first-order chi connectivity index (χ1) is 16.6. The van der Waals surface area contributed by atoms with Gasteiger partial charge in [0.1, 0.15) is 11.6 Å². The molecular weight excluding hydrogens is 428 g/mol. The minimum absolute atomic E-state index is 0.136. The fourth-order valence-electron chi connectivity index (χ4n) is 4.31. The molecule has 1 aliphatic rings. The summed E-state index contributed by atoms with van der Waals surface area (Å²) in [7, 11) is 0. The van der Waals surface area contributed by atoms with Crippen LogP contribution in [0.25, 0.3) is 22.3 Å². The van der Waals surface area contributed by atoms with Gasteiger partial charge in [0.15, 0.2) is 11.0 Å². The molecule has 7 nitrogen and oxygen atoms in total. The smallest absolute Gasteiger partial charge is 0.257 e. The molecule has 5 rings (SSSR count). The monoisotopic (exact) mass is 450 g/mol. The number of nitriles is 1. The third-order valence-electron chi connectivity index (χ3n) is 6.18. The number of carbonyl (C=O) groups is 1. The molecule has 4 aromatic rings.